The molecule has 2 N–H and O–H groups in total. The SMILES string of the molecule is Cc1ccc2cc(CCNC(=O)c3cc(Cl)ccc3[N+](=O)[O-])c(=O)[nH]c2c1. The second-order valence-electron chi connectivity index (χ2n) is 6.14. The zero-order valence-corrected chi connectivity index (χ0v) is 15.2. The Bertz CT molecular complexity index is 1110. The Morgan fingerprint density at radius 2 is 2.00 bits per heavy atom. The molecule has 3 aromatic rings. The quantitative estimate of drug-likeness (QED) is 0.518. The molecule has 0 aliphatic heterocycles. The van der Waals surface area contributed by atoms with Crippen LogP contribution in [0.5, 0.6) is 0 Å². The van der Waals surface area contributed by atoms with E-state index in [0.717, 1.165) is 16.5 Å². The maximum atomic E-state index is 12.3. The lowest BCUT2D eigenvalue weighted by Crippen LogP contribution is -2.28. The topological polar surface area (TPSA) is 105 Å². The maximum absolute atomic E-state index is 12.3. The number of hydrogen-bond acceptors (Lipinski definition) is 4. The Labute approximate surface area is 159 Å². The van der Waals surface area contributed by atoms with E-state index in [1.54, 1.807) is 6.07 Å². The first-order valence-corrected chi connectivity index (χ1v) is 8.57. The molecule has 0 radical (unpaired) electrons. The molecule has 7 nitrogen and oxygen atoms in total. The largest absolute Gasteiger partial charge is 0.351 e. The van der Waals surface area contributed by atoms with Crippen LogP contribution in [0, 0.1) is 17.0 Å². The van der Waals surface area contributed by atoms with Gasteiger partial charge in [-0.25, -0.2) is 0 Å². The summed E-state index contributed by atoms with van der Waals surface area (Å²) in [6.07, 6.45) is 0.291. The fourth-order valence-corrected chi connectivity index (χ4v) is 2.97. The molecule has 27 heavy (non-hydrogen) atoms. The minimum atomic E-state index is -0.638. The Hall–Kier alpha value is -3.19. The smallest absolute Gasteiger partial charge is 0.282 e. The van der Waals surface area contributed by atoms with Gasteiger partial charge in [0.25, 0.3) is 17.2 Å². The summed E-state index contributed by atoms with van der Waals surface area (Å²) in [4.78, 5) is 37.7. The highest BCUT2D eigenvalue weighted by molar-refractivity contribution is 6.31. The maximum Gasteiger partial charge on any atom is 0.282 e. The molecular weight excluding hydrogens is 370 g/mol. The molecule has 0 fully saturated rings. The summed E-state index contributed by atoms with van der Waals surface area (Å²) in [7, 11) is 0. The number of pyridine rings is 1. The van der Waals surface area contributed by atoms with E-state index >= 15 is 0 Å². The predicted molar refractivity (Wildman–Crippen MR) is 103 cm³/mol. The highest BCUT2D eigenvalue weighted by Gasteiger charge is 2.20. The number of aromatic amines is 1. The van der Waals surface area contributed by atoms with Crippen LogP contribution >= 0.6 is 11.6 Å². The molecule has 2 aromatic carbocycles. The number of fused-ring (bicyclic) bond motifs is 1. The average molecular weight is 386 g/mol. The van der Waals surface area contributed by atoms with E-state index in [0.29, 0.717) is 12.0 Å². The first-order chi connectivity index (χ1) is 12.8. The van der Waals surface area contributed by atoms with Crippen LogP contribution in [0.15, 0.2) is 47.3 Å². The zero-order chi connectivity index (χ0) is 19.6. The summed E-state index contributed by atoms with van der Waals surface area (Å²) in [5.74, 6) is -0.614. The van der Waals surface area contributed by atoms with Crippen molar-refractivity contribution in [3.8, 4) is 0 Å². The van der Waals surface area contributed by atoms with E-state index in [4.69, 9.17) is 11.6 Å². The number of rotatable bonds is 5. The molecule has 0 bridgehead atoms. The van der Waals surface area contributed by atoms with Crippen molar-refractivity contribution in [1.82, 2.24) is 10.3 Å². The van der Waals surface area contributed by atoms with Gasteiger partial charge in [0.1, 0.15) is 5.56 Å². The third-order valence-corrected chi connectivity index (χ3v) is 4.39. The third-order valence-electron chi connectivity index (χ3n) is 4.16. The van der Waals surface area contributed by atoms with Crippen molar-refractivity contribution < 1.29 is 9.72 Å². The van der Waals surface area contributed by atoms with Gasteiger partial charge in [-0.05, 0) is 48.6 Å². The van der Waals surface area contributed by atoms with E-state index in [2.05, 4.69) is 10.3 Å². The molecule has 0 atom stereocenters. The van der Waals surface area contributed by atoms with Crippen LogP contribution in [-0.4, -0.2) is 22.4 Å². The Balaban J connectivity index is 1.74. The van der Waals surface area contributed by atoms with Crippen LogP contribution in [0.25, 0.3) is 10.9 Å². The second kappa shape index (κ2) is 7.59. The summed E-state index contributed by atoms with van der Waals surface area (Å²) in [6.45, 7) is 2.10. The molecule has 0 spiro atoms. The number of nitro groups is 1. The minimum absolute atomic E-state index is 0.115. The van der Waals surface area contributed by atoms with Gasteiger partial charge in [-0.2, -0.15) is 0 Å². The standard InChI is InChI=1S/C19H16ClN3O4/c1-11-2-3-12-9-13(18(24)22-16(12)8-11)6-7-21-19(25)15-10-14(20)4-5-17(15)23(26)27/h2-5,8-10H,6-7H2,1H3,(H,21,25)(H,22,24). The number of H-pyrrole nitrogens is 1. The molecule has 138 valence electrons. The van der Waals surface area contributed by atoms with Crippen LogP contribution in [-0.2, 0) is 6.42 Å². The van der Waals surface area contributed by atoms with E-state index in [-0.39, 0.29) is 28.4 Å². The summed E-state index contributed by atoms with van der Waals surface area (Å²) in [6, 6.07) is 11.3. The van der Waals surface area contributed by atoms with Gasteiger partial charge in [0.15, 0.2) is 0 Å². The summed E-state index contributed by atoms with van der Waals surface area (Å²) in [5, 5.41) is 14.8. The molecular formula is C19H16ClN3O4. The number of amides is 1. The highest BCUT2D eigenvalue weighted by Crippen LogP contribution is 2.22. The number of aromatic nitrogens is 1. The van der Waals surface area contributed by atoms with Crippen molar-refractivity contribution in [2.45, 2.75) is 13.3 Å². The lowest BCUT2D eigenvalue weighted by Gasteiger charge is -2.07. The molecule has 8 heteroatoms. The van der Waals surface area contributed by atoms with Crippen molar-refractivity contribution in [2.24, 2.45) is 0 Å². The van der Waals surface area contributed by atoms with Gasteiger partial charge in [0.05, 0.1) is 4.92 Å². The minimum Gasteiger partial charge on any atom is -0.351 e. The van der Waals surface area contributed by atoms with Crippen molar-refractivity contribution >= 4 is 34.1 Å². The Kier molecular flexibility index (Phi) is 5.23. The first kappa shape index (κ1) is 18.6. The molecule has 1 heterocycles. The molecule has 1 amide bonds. The molecule has 0 aliphatic carbocycles. The fraction of sp³-hybridized carbons (Fsp3) is 0.158. The van der Waals surface area contributed by atoms with Crippen LogP contribution in [0.1, 0.15) is 21.5 Å². The van der Waals surface area contributed by atoms with Crippen molar-refractivity contribution in [3.05, 3.63) is 84.6 Å². The molecule has 0 aliphatic rings. The predicted octanol–water partition coefficient (Wildman–Crippen LogP) is 3.37. The number of benzene rings is 2. The van der Waals surface area contributed by atoms with Crippen molar-refractivity contribution in [2.75, 3.05) is 6.54 Å². The van der Waals surface area contributed by atoms with Crippen LogP contribution in [0.4, 0.5) is 5.69 Å². The third kappa shape index (κ3) is 4.15. The number of nitrogens with one attached hydrogen (secondary N) is 2. The molecule has 0 unspecified atom stereocenters. The number of halogens is 1. The van der Waals surface area contributed by atoms with Gasteiger partial charge in [-0.15, -0.1) is 0 Å². The fourth-order valence-electron chi connectivity index (χ4n) is 2.80. The van der Waals surface area contributed by atoms with Crippen LogP contribution in [0.3, 0.4) is 0 Å². The van der Waals surface area contributed by atoms with Crippen LogP contribution in [0.2, 0.25) is 5.02 Å². The lowest BCUT2D eigenvalue weighted by molar-refractivity contribution is -0.385. The highest BCUT2D eigenvalue weighted by atomic mass is 35.5. The number of carbonyl (C=O) groups excluding carboxylic acids is 1. The monoisotopic (exact) mass is 385 g/mol. The first-order valence-electron chi connectivity index (χ1n) is 8.20. The van der Waals surface area contributed by atoms with E-state index in [9.17, 15) is 19.7 Å². The van der Waals surface area contributed by atoms with Gasteiger partial charge < -0.3 is 10.3 Å². The average Bonchev–Trinajstić information content (AvgIpc) is 2.61. The van der Waals surface area contributed by atoms with Gasteiger partial charge in [0.2, 0.25) is 0 Å². The lowest BCUT2D eigenvalue weighted by atomic mass is 10.1. The van der Waals surface area contributed by atoms with Gasteiger partial charge in [-0.1, -0.05) is 23.7 Å². The Morgan fingerprint density at radius 1 is 1.22 bits per heavy atom. The van der Waals surface area contributed by atoms with Crippen LogP contribution < -0.4 is 10.9 Å². The molecule has 0 saturated heterocycles. The number of carbonyl (C=O) groups is 1. The van der Waals surface area contributed by atoms with E-state index < -0.39 is 10.8 Å². The van der Waals surface area contributed by atoms with E-state index in [1.165, 1.54) is 18.2 Å². The second-order valence-corrected chi connectivity index (χ2v) is 6.58. The normalized spacial score (nSPS) is 10.7. The molecule has 3 rings (SSSR count). The number of nitrogens with zero attached hydrogens (tertiary/aromatic N) is 1. The van der Waals surface area contributed by atoms with Crippen molar-refractivity contribution in [3.63, 3.8) is 0 Å². The van der Waals surface area contributed by atoms with Gasteiger partial charge in [0, 0.05) is 28.7 Å². The molecule has 0 saturated carbocycles. The van der Waals surface area contributed by atoms with Gasteiger partial charge in [-0.3, -0.25) is 19.7 Å². The summed E-state index contributed by atoms with van der Waals surface area (Å²) >= 11 is 5.83. The van der Waals surface area contributed by atoms with Gasteiger partial charge >= 0.3 is 0 Å². The summed E-state index contributed by atoms with van der Waals surface area (Å²) < 4.78 is 0. The summed E-state index contributed by atoms with van der Waals surface area (Å²) in [5.41, 5.74) is 1.65. The zero-order valence-electron chi connectivity index (χ0n) is 14.4. The van der Waals surface area contributed by atoms with Crippen molar-refractivity contribution in [1.29, 1.82) is 0 Å². The Morgan fingerprint density at radius 3 is 2.74 bits per heavy atom. The van der Waals surface area contributed by atoms with E-state index in [1.807, 2.05) is 25.1 Å². The number of nitro benzene ring substituents is 1. The molecule has 1 aromatic heterocycles. The number of aryl methyl sites for hydroxylation is 1. The number of hydrogen-bond donors (Lipinski definition) is 2.